The molecule has 1 fully saturated rings. The van der Waals surface area contributed by atoms with Crippen molar-refractivity contribution in [3.8, 4) is 5.75 Å². The summed E-state index contributed by atoms with van der Waals surface area (Å²) < 4.78 is 0. The van der Waals surface area contributed by atoms with E-state index in [1.165, 1.54) is 0 Å². The van der Waals surface area contributed by atoms with Gasteiger partial charge in [0, 0.05) is 63.8 Å². The van der Waals surface area contributed by atoms with E-state index in [1.54, 1.807) is 24.4 Å². The van der Waals surface area contributed by atoms with Crippen molar-refractivity contribution >= 4 is 34.5 Å². The van der Waals surface area contributed by atoms with Gasteiger partial charge in [0.05, 0.1) is 17.1 Å². The predicted molar refractivity (Wildman–Crippen MR) is 144 cm³/mol. The lowest BCUT2D eigenvalue weighted by molar-refractivity contribution is 0.102. The summed E-state index contributed by atoms with van der Waals surface area (Å²) in [6.45, 7) is 9.11. The van der Waals surface area contributed by atoms with Crippen LogP contribution in [0.4, 0.5) is 28.6 Å². The van der Waals surface area contributed by atoms with E-state index in [-0.39, 0.29) is 11.7 Å². The number of fused-ring (bicyclic) bond motifs is 2. The summed E-state index contributed by atoms with van der Waals surface area (Å²) in [5, 5.41) is 23.1. The highest BCUT2D eigenvalue weighted by molar-refractivity contribution is 6.15. The van der Waals surface area contributed by atoms with Crippen LogP contribution in [0.5, 0.6) is 5.75 Å². The van der Waals surface area contributed by atoms with Crippen molar-refractivity contribution in [3.63, 3.8) is 0 Å². The number of rotatable bonds is 7. The van der Waals surface area contributed by atoms with Crippen molar-refractivity contribution in [1.82, 2.24) is 20.1 Å². The van der Waals surface area contributed by atoms with Crippen LogP contribution in [0.15, 0.2) is 48.7 Å². The minimum atomic E-state index is -0.246. The number of benzene rings is 2. The molecule has 3 aromatic rings. The summed E-state index contributed by atoms with van der Waals surface area (Å²) >= 11 is 0. The smallest absolute Gasteiger partial charge is 0.261 e. The molecule has 1 aromatic heterocycles. The lowest BCUT2D eigenvalue weighted by atomic mass is 10.1. The summed E-state index contributed by atoms with van der Waals surface area (Å²) in [6, 6.07) is 12.9. The third kappa shape index (κ3) is 5.43. The Morgan fingerprint density at radius 3 is 2.67 bits per heavy atom. The third-order valence-corrected chi connectivity index (χ3v) is 6.78. The molecule has 2 aromatic carbocycles. The molecule has 5 N–H and O–H groups in total. The summed E-state index contributed by atoms with van der Waals surface area (Å²) in [6.07, 6.45) is 1.66. The molecule has 1 amide bonds. The molecule has 9 heteroatoms. The number of phenolic OH excluding ortho intramolecular Hbond substituents is 1. The Morgan fingerprint density at radius 2 is 1.83 bits per heavy atom. The first kappa shape index (κ1) is 24.1. The largest absolute Gasteiger partial charge is 0.508 e. The van der Waals surface area contributed by atoms with Crippen molar-refractivity contribution in [2.45, 2.75) is 13.5 Å². The number of aromatic nitrogens is 1. The first-order chi connectivity index (χ1) is 17.5. The average molecular weight is 488 g/mol. The zero-order valence-electron chi connectivity index (χ0n) is 20.8. The normalized spacial score (nSPS) is 15.9. The predicted octanol–water partition coefficient (Wildman–Crippen LogP) is 3.49. The number of hydrogen-bond acceptors (Lipinski definition) is 8. The number of amides is 1. The highest BCUT2D eigenvalue weighted by Crippen LogP contribution is 2.36. The van der Waals surface area contributed by atoms with Gasteiger partial charge in [-0.05, 0) is 49.4 Å². The number of anilines is 5. The lowest BCUT2D eigenvalue weighted by Crippen LogP contribution is -2.46. The second kappa shape index (κ2) is 10.5. The fraction of sp³-hybridized carbons (Fsp3) is 0.333. The lowest BCUT2D eigenvalue weighted by Gasteiger charge is -2.32. The standard InChI is InChI=1S/C27H33N7O2/c1-18-3-5-20(35)16-23(18)30-22-7-8-29-26-25(22)27(36)32-24-15-19(4-6-21(24)31-26)17-28-9-10-34-13-11-33(2)12-14-34/h3-8,15-16,28,35H,9-14,17H2,1-2H3,(H,32,36)(H2,29,30,31). The number of phenols is 1. The van der Waals surface area contributed by atoms with Crippen LogP contribution in [-0.4, -0.2) is 72.1 Å². The van der Waals surface area contributed by atoms with Gasteiger partial charge in [-0.15, -0.1) is 0 Å². The Hall–Kier alpha value is -3.66. The zero-order chi connectivity index (χ0) is 25.1. The SMILES string of the molecule is Cc1ccc(O)cc1Nc1ccnc2c1C(=O)Nc1cc(CNCCN3CCN(C)CC3)ccc1N2. The van der Waals surface area contributed by atoms with Gasteiger partial charge in [0.2, 0.25) is 0 Å². The zero-order valence-corrected chi connectivity index (χ0v) is 20.8. The number of aryl methyl sites for hydroxylation is 1. The van der Waals surface area contributed by atoms with E-state index in [4.69, 9.17) is 0 Å². The molecule has 0 bridgehead atoms. The van der Waals surface area contributed by atoms with Crippen LogP contribution in [0.1, 0.15) is 21.5 Å². The molecule has 0 saturated carbocycles. The number of hydrogen-bond donors (Lipinski definition) is 5. The van der Waals surface area contributed by atoms with Crippen molar-refractivity contribution in [3.05, 3.63) is 65.4 Å². The van der Waals surface area contributed by atoms with Crippen molar-refractivity contribution < 1.29 is 9.90 Å². The Morgan fingerprint density at radius 1 is 1.00 bits per heavy atom. The van der Waals surface area contributed by atoms with Crippen LogP contribution >= 0.6 is 0 Å². The molecular weight excluding hydrogens is 454 g/mol. The molecule has 2 aliphatic rings. The molecule has 0 spiro atoms. The van der Waals surface area contributed by atoms with Crippen molar-refractivity contribution in [1.29, 1.82) is 0 Å². The molecule has 3 heterocycles. The number of piperazine rings is 1. The molecule has 0 atom stereocenters. The van der Waals surface area contributed by atoms with E-state index >= 15 is 0 Å². The molecule has 0 radical (unpaired) electrons. The monoisotopic (exact) mass is 487 g/mol. The van der Waals surface area contributed by atoms with Gasteiger partial charge in [0.15, 0.2) is 0 Å². The maximum Gasteiger partial charge on any atom is 0.261 e. The molecule has 9 nitrogen and oxygen atoms in total. The number of likely N-dealkylation sites (N-methyl/N-ethyl adjacent to an activating group) is 1. The van der Waals surface area contributed by atoms with Crippen LogP contribution in [0.2, 0.25) is 0 Å². The molecule has 1 saturated heterocycles. The van der Waals surface area contributed by atoms with Crippen LogP contribution in [0.3, 0.4) is 0 Å². The Balaban J connectivity index is 1.26. The third-order valence-electron chi connectivity index (χ3n) is 6.78. The summed E-state index contributed by atoms with van der Waals surface area (Å²) in [7, 11) is 2.17. The summed E-state index contributed by atoms with van der Waals surface area (Å²) in [4.78, 5) is 22.6. The maximum absolute atomic E-state index is 13.3. The number of carbonyl (C=O) groups is 1. The van der Waals surface area contributed by atoms with Gasteiger partial charge in [-0.25, -0.2) is 4.98 Å². The highest BCUT2D eigenvalue weighted by Gasteiger charge is 2.24. The summed E-state index contributed by atoms with van der Waals surface area (Å²) in [5.74, 6) is 0.389. The first-order valence-electron chi connectivity index (χ1n) is 12.3. The molecular formula is C27H33N7O2. The van der Waals surface area contributed by atoms with Crippen LogP contribution < -0.4 is 21.3 Å². The average Bonchev–Trinajstić information content (AvgIpc) is 3.01. The number of pyridine rings is 1. The van der Waals surface area contributed by atoms with E-state index in [9.17, 15) is 9.90 Å². The van der Waals surface area contributed by atoms with Crippen LogP contribution in [-0.2, 0) is 6.54 Å². The highest BCUT2D eigenvalue weighted by atomic mass is 16.3. The van der Waals surface area contributed by atoms with Gasteiger partial charge < -0.3 is 31.3 Å². The number of nitrogens with zero attached hydrogens (tertiary/aromatic N) is 3. The van der Waals surface area contributed by atoms with Crippen molar-refractivity contribution in [2.75, 3.05) is 62.3 Å². The van der Waals surface area contributed by atoms with E-state index in [0.717, 1.165) is 74.0 Å². The molecule has 2 aliphatic heterocycles. The van der Waals surface area contributed by atoms with E-state index < -0.39 is 0 Å². The van der Waals surface area contributed by atoms with Gasteiger partial charge in [0.1, 0.15) is 17.1 Å². The number of nitrogens with one attached hydrogen (secondary N) is 4. The first-order valence-corrected chi connectivity index (χ1v) is 12.3. The maximum atomic E-state index is 13.3. The molecule has 188 valence electrons. The van der Waals surface area contributed by atoms with E-state index in [0.29, 0.717) is 17.1 Å². The van der Waals surface area contributed by atoms with Crippen LogP contribution in [0.25, 0.3) is 0 Å². The molecule has 36 heavy (non-hydrogen) atoms. The number of aromatic hydroxyl groups is 1. The van der Waals surface area contributed by atoms with E-state index in [2.05, 4.69) is 49.2 Å². The van der Waals surface area contributed by atoms with Gasteiger partial charge in [-0.3, -0.25) is 9.69 Å². The Labute approximate surface area is 211 Å². The molecule has 0 aliphatic carbocycles. The second-order valence-electron chi connectivity index (χ2n) is 9.49. The fourth-order valence-electron chi connectivity index (χ4n) is 4.55. The topological polar surface area (TPSA) is 105 Å². The minimum Gasteiger partial charge on any atom is -0.508 e. The molecule has 5 rings (SSSR count). The fourth-order valence-corrected chi connectivity index (χ4v) is 4.55. The quantitative estimate of drug-likeness (QED) is 0.323. The minimum absolute atomic E-state index is 0.155. The molecule has 0 unspecified atom stereocenters. The summed E-state index contributed by atoms with van der Waals surface area (Å²) in [5.41, 5.74) is 5.32. The Bertz CT molecular complexity index is 1250. The van der Waals surface area contributed by atoms with Gasteiger partial charge in [-0.2, -0.15) is 0 Å². The Kier molecular flexibility index (Phi) is 7.04. The van der Waals surface area contributed by atoms with E-state index in [1.807, 2.05) is 25.1 Å². The van der Waals surface area contributed by atoms with Gasteiger partial charge in [0.25, 0.3) is 5.91 Å². The van der Waals surface area contributed by atoms with Gasteiger partial charge in [-0.1, -0.05) is 12.1 Å². The van der Waals surface area contributed by atoms with Gasteiger partial charge >= 0.3 is 0 Å². The van der Waals surface area contributed by atoms with Crippen molar-refractivity contribution in [2.24, 2.45) is 0 Å². The second-order valence-corrected chi connectivity index (χ2v) is 9.49. The number of carbonyl (C=O) groups excluding carboxylic acids is 1. The van der Waals surface area contributed by atoms with Crippen LogP contribution in [0, 0.1) is 6.92 Å².